The summed E-state index contributed by atoms with van der Waals surface area (Å²) in [6.45, 7) is 7.61. The van der Waals surface area contributed by atoms with Crippen LogP contribution < -0.4 is 15.1 Å². The molecule has 1 saturated heterocycles. The van der Waals surface area contributed by atoms with Gasteiger partial charge in [-0.25, -0.2) is 9.97 Å². The molecule has 29 heavy (non-hydrogen) atoms. The number of hydrogen-bond acceptors (Lipinski definition) is 5. The van der Waals surface area contributed by atoms with E-state index < -0.39 is 0 Å². The second kappa shape index (κ2) is 8.31. The van der Waals surface area contributed by atoms with Crippen LogP contribution in [0.5, 0.6) is 0 Å². The van der Waals surface area contributed by atoms with E-state index in [1.165, 1.54) is 17.6 Å². The zero-order valence-electron chi connectivity index (χ0n) is 16.8. The van der Waals surface area contributed by atoms with Crippen molar-refractivity contribution >= 4 is 23.1 Å². The second-order valence-electron chi connectivity index (χ2n) is 7.32. The van der Waals surface area contributed by atoms with Crippen LogP contribution in [0.15, 0.2) is 60.9 Å². The van der Waals surface area contributed by atoms with E-state index in [0.29, 0.717) is 5.69 Å². The molecule has 1 amide bonds. The van der Waals surface area contributed by atoms with Crippen LogP contribution in [0.4, 0.5) is 17.2 Å². The number of anilines is 3. The third-order valence-electron chi connectivity index (χ3n) is 5.38. The zero-order chi connectivity index (χ0) is 20.2. The Balaban J connectivity index is 1.42. The van der Waals surface area contributed by atoms with Gasteiger partial charge in [0, 0.05) is 43.6 Å². The molecule has 6 nitrogen and oxygen atoms in total. The average Bonchev–Trinajstić information content (AvgIpc) is 2.77. The predicted molar refractivity (Wildman–Crippen MR) is 117 cm³/mol. The summed E-state index contributed by atoms with van der Waals surface area (Å²) in [5.41, 5.74) is 4.72. The van der Waals surface area contributed by atoms with Gasteiger partial charge in [-0.1, -0.05) is 24.3 Å². The molecule has 3 aromatic rings. The summed E-state index contributed by atoms with van der Waals surface area (Å²) < 4.78 is 0. The van der Waals surface area contributed by atoms with Crippen molar-refractivity contribution < 1.29 is 4.79 Å². The molecule has 0 spiro atoms. The van der Waals surface area contributed by atoms with Crippen LogP contribution in [0, 0.1) is 13.8 Å². The number of aromatic nitrogens is 2. The predicted octanol–water partition coefficient (Wildman–Crippen LogP) is 3.67. The fourth-order valence-corrected chi connectivity index (χ4v) is 3.49. The standard InChI is InChI=1S/C23H25N5O/c1-17-8-9-19(14-18(17)2)26-23(29)21-15-22(25-16-24-21)28-12-10-27(11-13-28)20-6-4-3-5-7-20/h3-9,14-16H,10-13H2,1-2H3,(H,26,29). The number of amides is 1. The molecule has 2 heterocycles. The molecule has 0 aliphatic carbocycles. The van der Waals surface area contributed by atoms with Crippen molar-refractivity contribution in [3.63, 3.8) is 0 Å². The first-order valence-corrected chi connectivity index (χ1v) is 9.86. The van der Waals surface area contributed by atoms with Crippen LogP contribution in [0.25, 0.3) is 0 Å². The van der Waals surface area contributed by atoms with E-state index >= 15 is 0 Å². The molecule has 148 valence electrons. The minimum Gasteiger partial charge on any atom is -0.368 e. The van der Waals surface area contributed by atoms with Gasteiger partial charge in [0.15, 0.2) is 0 Å². The SMILES string of the molecule is Cc1ccc(NC(=O)c2cc(N3CCN(c4ccccc4)CC3)ncn2)cc1C. The largest absolute Gasteiger partial charge is 0.368 e. The van der Waals surface area contributed by atoms with E-state index in [-0.39, 0.29) is 5.91 Å². The highest BCUT2D eigenvalue weighted by molar-refractivity contribution is 6.03. The quantitative estimate of drug-likeness (QED) is 0.740. The van der Waals surface area contributed by atoms with Crippen molar-refractivity contribution in [1.82, 2.24) is 9.97 Å². The van der Waals surface area contributed by atoms with Crippen LogP contribution in [0.3, 0.4) is 0 Å². The zero-order valence-corrected chi connectivity index (χ0v) is 16.8. The van der Waals surface area contributed by atoms with Gasteiger partial charge in [0.05, 0.1) is 0 Å². The Bertz CT molecular complexity index is 997. The van der Waals surface area contributed by atoms with Crippen molar-refractivity contribution in [3.05, 3.63) is 77.7 Å². The third kappa shape index (κ3) is 4.37. The molecule has 0 unspecified atom stereocenters. The number of nitrogens with one attached hydrogen (secondary N) is 1. The molecule has 0 saturated carbocycles. The highest BCUT2D eigenvalue weighted by atomic mass is 16.1. The lowest BCUT2D eigenvalue weighted by Crippen LogP contribution is -2.46. The molecular formula is C23H25N5O. The maximum Gasteiger partial charge on any atom is 0.274 e. The van der Waals surface area contributed by atoms with Gasteiger partial charge in [0.2, 0.25) is 0 Å². The van der Waals surface area contributed by atoms with Crippen LogP contribution in [0.2, 0.25) is 0 Å². The van der Waals surface area contributed by atoms with Gasteiger partial charge in [-0.2, -0.15) is 0 Å². The Labute approximate surface area is 171 Å². The summed E-state index contributed by atoms with van der Waals surface area (Å²) in [4.78, 5) is 25.8. The molecule has 0 bridgehead atoms. The van der Waals surface area contributed by atoms with Crippen LogP contribution in [-0.2, 0) is 0 Å². The van der Waals surface area contributed by atoms with Gasteiger partial charge < -0.3 is 15.1 Å². The van der Waals surface area contributed by atoms with E-state index in [9.17, 15) is 4.79 Å². The molecular weight excluding hydrogens is 362 g/mol. The molecule has 2 aromatic carbocycles. The first-order valence-electron chi connectivity index (χ1n) is 9.86. The number of hydrogen-bond donors (Lipinski definition) is 1. The molecule has 0 radical (unpaired) electrons. The van der Waals surface area contributed by atoms with Crippen LogP contribution in [0.1, 0.15) is 21.6 Å². The fourth-order valence-electron chi connectivity index (χ4n) is 3.49. The molecule has 1 fully saturated rings. The van der Waals surface area contributed by atoms with Crippen molar-refractivity contribution in [2.45, 2.75) is 13.8 Å². The van der Waals surface area contributed by atoms with Gasteiger partial charge >= 0.3 is 0 Å². The van der Waals surface area contributed by atoms with Crippen molar-refractivity contribution in [3.8, 4) is 0 Å². The monoisotopic (exact) mass is 387 g/mol. The lowest BCUT2D eigenvalue weighted by atomic mass is 10.1. The number of benzene rings is 2. The van der Waals surface area contributed by atoms with Gasteiger partial charge in [0.25, 0.3) is 5.91 Å². The highest BCUT2D eigenvalue weighted by Crippen LogP contribution is 2.20. The van der Waals surface area contributed by atoms with Crippen molar-refractivity contribution in [2.24, 2.45) is 0 Å². The summed E-state index contributed by atoms with van der Waals surface area (Å²) in [6.07, 6.45) is 1.47. The second-order valence-corrected chi connectivity index (χ2v) is 7.32. The molecule has 6 heteroatoms. The number of piperazine rings is 1. The summed E-state index contributed by atoms with van der Waals surface area (Å²) in [5.74, 6) is 0.567. The van der Waals surface area contributed by atoms with Gasteiger partial charge in [0.1, 0.15) is 17.8 Å². The van der Waals surface area contributed by atoms with Gasteiger partial charge in [-0.15, -0.1) is 0 Å². The molecule has 0 atom stereocenters. The summed E-state index contributed by atoms with van der Waals surface area (Å²) in [5, 5.41) is 2.93. The number of carbonyl (C=O) groups excluding carboxylic acids is 1. The Morgan fingerprint density at radius 2 is 1.59 bits per heavy atom. The van der Waals surface area contributed by atoms with E-state index in [1.54, 1.807) is 6.07 Å². The summed E-state index contributed by atoms with van der Waals surface area (Å²) in [7, 11) is 0. The van der Waals surface area contributed by atoms with Crippen molar-refractivity contribution in [2.75, 3.05) is 41.3 Å². The molecule has 1 aliphatic rings. The average molecular weight is 387 g/mol. The van der Waals surface area contributed by atoms with Gasteiger partial charge in [-0.05, 0) is 49.2 Å². The lowest BCUT2D eigenvalue weighted by Gasteiger charge is -2.36. The summed E-state index contributed by atoms with van der Waals surface area (Å²) in [6, 6.07) is 18.1. The number of para-hydroxylation sites is 1. The van der Waals surface area contributed by atoms with E-state index in [4.69, 9.17) is 0 Å². The maximum atomic E-state index is 12.7. The number of rotatable bonds is 4. The maximum absolute atomic E-state index is 12.7. The minimum absolute atomic E-state index is 0.222. The lowest BCUT2D eigenvalue weighted by molar-refractivity contribution is 0.102. The van der Waals surface area contributed by atoms with Crippen molar-refractivity contribution in [1.29, 1.82) is 0 Å². The highest BCUT2D eigenvalue weighted by Gasteiger charge is 2.19. The fraction of sp³-hybridized carbons (Fsp3) is 0.261. The first kappa shape index (κ1) is 18.9. The topological polar surface area (TPSA) is 61.4 Å². The number of nitrogens with zero attached hydrogens (tertiary/aromatic N) is 4. The molecule has 4 rings (SSSR count). The molecule has 1 aliphatic heterocycles. The van der Waals surface area contributed by atoms with E-state index in [1.807, 2.05) is 31.2 Å². The molecule has 1 N–H and O–H groups in total. The summed E-state index contributed by atoms with van der Waals surface area (Å²) >= 11 is 0. The first-order chi connectivity index (χ1) is 14.1. The number of aryl methyl sites for hydroxylation is 2. The van der Waals surface area contributed by atoms with Gasteiger partial charge in [-0.3, -0.25) is 4.79 Å². The smallest absolute Gasteiger partial charge is 0.274 e. The van der Waals surface area contributed by atoms with E-state index in [0.717, 1.165) is 43.2 Å². The van der Waals surface area contributed by atoms with Crippen LogP contribution >= 0.6 is 0 Å². The normalized spacial score (nSPS) is 14.0. The Kier molecular flexibility index (Phi) is 5.42. The Morgan fingerprint density at radius 1 is 0.862 bits per heavy atom. The van der Waals surface area contributed by atoms with Crippen LogP contribution in [-0.4, -0.2) is 42.1 Å². The number of carbonyl (C=O) groups is 1. The Hall–Kier alpha value is -3.41. The minimum atomic E-state index is -0.222. The molecule has 1 aromatic heterocycles. The third-order valence-corrected chi connectivity index (χ3v) is 5.38. The van der Waals surface area contributed by atoms with E-state index in [2.05, 4.69) is 56.3 Å². The Morgan fingerprint density at radius 3 is 2.31 bits per heavy atom.